The van der Waals surface area contributed by atoms with E-state index in [-0.39, 0.29) is 18.4 Å². The van der Waals surface area contributed by atoms with Crippen molar-refractivity contribution in [3.8, 4) is 0 Å². The Labute approximate surface area is 163 Å². The third-order valence-corrected chi connectivity index (χ3v) is 6.01. The van der Waals surface area contributed by atoms with E-state index < -0.39 is 0 Å². The van der Waals surface area contributed by atoms with Crippen LogP contribution in [0.1, 0.15) is 35.4 Å². The van der Waals surface area contributed by atoms with Crippen molar-refractivity contribution in [2.75, 3.05) is 5.32 Å². The van der Waals surface area contributed by atoms with Crippen molar-refractivity contribution in [1.29, 1.82) is 0 Å². The summed E-state index contributed by atoms with van der Waals surface area (Å²) in [7, 11) is 0. The van der Waals surface area contributed by atoms with Crippen LogP contribution in [0.3, 0.4) is 0 Å². The Kier molecular flexibility index (Phi) is 4.74. The van der Waals surface area contributed by atoms with E-state index in [1.807, 2.05) is 24.3 Å². The Bertz CT molecular complexity index is 1060. The Morgan fingerprint density at radius 1 is 1.19 bits per heavy atom. The van der Waals surface area contributed by atoms with Crippen molar-refractivity contribution in [2.24, 2.45) is 0 Å². The van der Waals surface area contributed by atoms with Gasteiger partial charge in [0.15, 0.2) is 11.3 Å². The number of carbonyl (C=O) groups is 3. The summed E-state index contributed by atoms with van der Waals surface area (Å²) in [5, 5.41) is 6.05. The average molecular weight is 395 g/mol. The predicted molar refractivity (Wildman–Crippen MR) is 104 cm³/mol. The number of nitrogens with zero attached hydrogens (tertiary/aromatic N) is 1. The topological polar surface area (TPSA) is 88.2 Å². The second-order valence-electron chi connectivity index (χ2n) is 5.73. The van der Waals surface area contributed by atoms with Gasteiger partial charge >= 0.3 is 0 Å². The number of rotatable bonds is 4. The fourth-order valence-corrected chi connectivity index (χ4v) is 4.32. The number of fused-ring (bicyclic) bond motifs is 2. The highest BCUT2D eigenvalue weighted by atomic mass is 32.2. The van der Waals surface area contributed by atoms with Crippen LogP contribution in [-0.2, 0) is 6.54 Å². The van der Waals surface area contributed by atoms with Gasteiger partial charge in [0, 0.05) is 26.4 Å². The van der Waals surface area contributed by atoms with Crippen molar-refractivity contribution in [3.05, 3.63) is 69.7 Å². The van der Waals surface area contributed by atoms with E-state index >= 15 is 0 Å². The van der Waals surface area contributed by atoms with E-state index in [1.165, 1.54) is 23.1 Å². The largest absolute Gasteiger partial charge is 0.347 e. The SMILES string of the molecule is O=Cc1ncc(CNC(=O)c2ccc3c(c2)NC(=O)c2ccccc2S3)s1. The van der Waals surface area contributed by atoms with E-state index in [0.29, 0.717) is 28.1 Å². The van der Waals surface area contributed by atoms with Gasteiger partial charge in [-0.15, -0.1) is 11.3 Å². The Morgan fingerprint density at radius 2 is 2.04 bits per heavy atom. The van der Waals surface area contributed by atoms with Crippen molar-refractivity contribution < 1.29 is 14.4 Å². The minimum atomic E-state index is -0.264. The lowest BCUT2D eigenvalue weighted by Gasteiger charge is -2.09. The standard InChI is InChI=1S/C19H13N3O3S2/c23-10-17-20-8-12(26-17)9-21-18(24)11-5-6-16-14(7-11)22-19(25)13-3-1-2-4-15(13)27-16/h1-8,10H,9H2,(H,21,24)(H,22,25). The average Bonchev–Trinajstić information content (AvgIpc) is 3.10. The number of aromatic nitrogens is 1. The molecule has 8 heteroatoms. The molecule has 0 unspecified atom stereocenters. The van der Waals surface area contributed by atoms with E-state index in [0.717, 1.165) is 14.7 Å². The first-order chi connectivity index (χ1) is 13.1. The summed E-state index contributed by atoms with van der Waals surface area (Å²) in [5.74, 6) is -0.458. The van der Waals surface area contributed by atoms with Crippen LogP contribution in [0, 0.1) is 0 Å². The quantitative estimate of drug-likeness (QED) is 0.659. The normalized spacial score (nSPS) is 12.4. The number of thiazole rings is 1. The van der Waals surface area contributed by atoms with Crippen LogP contribution in [0.4, 0.5) is 5.69 Å². The van der Waals surface area contributed by atoms with Gasteiger partial charge in [0.2, 0.25) is 0 Å². The lowest BCUT2D eigenvalue weighted by Crippen LogP contribution is -2.22. The first-order valence-electron chi connectivity index (χ1n) is 8.04. The zero-order valence-corrected chi connectivity index (χ0v) is 15.5. The molecule has 134 valence electrons. The minimum absolute atomic E-state index is 0.194. The number of amides is 2. The molecule has 0 saturated carbocycles. The van der Waals surface area contributed by atoms with Crippen LogP contribution in [0.5, 0.6) is 0 Å². The molecular formula is C19H13N3O3S2. The van der Waals surface area contributed by atoms with Gasteiger partial charge in [-0.25, -0.2) is 4.98 Å². The summed E-state index contributed by atoms with van der Waals surface area (Å²) in [6, 6.07) is 12.6. The van der Waals surface area contributed by atoms with Crippen molar-refractivity contribution >= 4 is 46.9 Å². The summed E-state index contributed by atoms with van der Waals surface area (Å²) in [4.78, 5) is 42.0. The summed E-state index contributed by atoms with van der Waals surface area (Å²) in [5.41, 5.74) is 1.66. The molecule has 0 saturated heterocycles. The first kappa shape index (κ1) is 17.4. The molecule has 1 aliphatic heterocycles. The first-order valence-corrected chi connectivity index (χ1v) is 9.68. The van der Waals surface area contributed by atoms with Crippen molar-refractivity contribution in [2.45, 2.75) is 16.3 Å². The monoisotopic (exact) mass is 395 g/mol. The van der Waals surface area contributed by atoms with Gasteiger partial charge in [0.1, 0.15) is 0 Å². The molecule has 0 radical (unpaired) electrons. The predicted octanol–water partition coefficient (Wildman–Crippen LogP) is 3.60. The highest BCUT2D eigenvalue weighted by molar-refractivity contribution is 7.99. The zero-order chi connectivity index (χ0) is 18.8. The highest BCUT2D eigenvalue weighted by Crippen LogP contribution is 2.38. The molecule has 2 amide bonds. The third kappa shape index (κ3) is 3.62. The second kappa shape index (κ2) is 7.34. The summed E-state index contributed by atoms with van der Waals surface area (Å²) >= 11 is 2.72. The van der Waals surface area contributed by atoms with Gasteiger partial charge in [-0.3, -0.25) is 14.4 Å². The molecule has 0 spiro atoms. The molecule has 0 bridgehead atoms. The van der Waals surface area contributed by atoms with Crippen LogP contribution in [0.25, 0.3) is 0 Å². The number of hydrogen-bond acceptors (Lipinski definition) is 6. The van der Waals surface area contributed by atoms with Gasteiger partial charge < -0.3 is 10.6 Å². The maximum atomic E-state index is 12.4. The van der Waals surface area contributed by atoms with Crippen molar-refractivity contribution in [3.63, 3.8) is 0 Å². The van der Waals surface area contributed by atoms with Crippen LogP contribution < -0.4 is 10.6 Å². The molecule has 0 aliphatic carbocycles. The maximum absolute atomic E-state index is 12.4. The van der Waals surface area contributed by atoms with E-state index in [4.69, 9.17) is 0 Å². The summed E-state index contributed by atoms with van der Waals surface area (Å²) in [6.45, 7) is 0.286. The summed E-state index contributed by atoms with van der Waals surface area (Å²) < 4.78 is 0. The summed E-state index contributed by atoms with van der Waals surface area (Å²) in [6.07, 6.45) is 2.25. The van der Waals surface area contributed by atoms with Crippen LogP contribution in [0.2, 0.25) is 0 Å². The smallest absolute Gasteiger partial charge is 0.256 e. The van der Waals surface area contributed by atoms with Gasteiger partial charge in [-0.05, 0) is 30.3 Å². The van der Waals surface area contributed by atoms with Crippen molar-refractivity contribution in [1.82, 2.24) is 10.3 Å². The number of carbonyl (C=O) groups excluding carboxylic acids is 3. The molecule has 6 nitrogen and oxygen atoms in total. The third-order valence-electron chi connectivity index (χ3n) is 3.94. The molecule has 3 aromatic rings. The van der Waals surface area contributed by atoms with Gasteiger partial charge in [0.05, 0.1) is 17.8 Å². The minimum Gasteiger partial charge on any atom is -0.347 e. The van der Waals surface area contributed by atoms with E-state index in [9.17, 15) is 14.4 Å². The molecule has 2 aromatic carbocycles. The van der Waals surface area contributed by atoms with E-state index in [1.54, 1.807) is 24.4 Å². The molecular weight excluding hydrogens is 382 g/mol. The number of benzene rings is 2. The molecule has 2 heterocycles. The van der Waals surface area contributed by atoms with Crippen LogP contribution in [0.15, 0.2) is 58.5 Å². The van der Waals surface area contributed by atoms with Gasteiger partial charge in [0.25, 0.3) is 11.8 Å². The number of nitrogens with one attached hydrogen (secondary N) is 2. The Morgan fingerprint density at radius 3 is 2.85 bits per heavy atom. The molecule has 2 N–H and O–H groups in total. The molecule has 0 atom stereocenters. The Balaban J connectivity index is 1.52. The van der Waals surface area contributed by atoms with Gasteiger partial charge in [-0.2, -0.15) is 0 Å². The zero-order valence-electron chi connectivity index (χ0n) is 13.9. The van der Waals surface area contributed by atoms with Gasteiger partial charge in [-0.1, -0.05) is 23.9 Å². The van der Waals surface area contributed by atoms with Crippen LogP contribution >= 0.6 is 23.1 Å². The van der Waals surface area contributed by atoms with Crippen LogP contribution in [-0.4, -0.2) is 23.1 Å². The molecule has 27 heavy (non-hydrogen) atoms. The molecule has 4 rings (SSSR count). The molecule has 0 fully saturated rings. The fraction of sp³-hybridized carbons (Fsp3) is 0.0526. The number of hydrogen-bond donors (Lipinski definition) is 2. The lowest BCUT2D eigenvalue weighted by atomic mass is 10.1. The number of aldehydes is 1. The molecule has 1 aromatic heterocycles. The second-order valence-corrected chi connectivity index (χ2v) is 7.96. The highest BCUT2D eigenvalue weighted by Gasteiger charge is 2.20. The molecule has 1 aliphatic rings. The number of anilines is 1. The maximum Gasteiger partial charge on any atom is 0.256 e. The fourth-order valence-electron chi connectivity index (χ4n) is 2.64. The van der Waals surface area contributed by atoms with E-state index in [2.05, 4.69) is 15.6 Å². The Hall–Kier alpha value is -2.97. The lowest BCUT2D eigenvalue weighted by molar-refractivity contribution is 0.0949.